The smallest absolute Gasteiger partial charge is 0.207 e. The summed E-state index contributed by atoms with van der Waals surface area (Å²) in [5, 5.41) is 8.13. The molecular weight excluding hydrogens is 176 g/mol. The number of benzene rings is 1. The molecule has 0 aliphatic rings. The molecule has 0 aliphatic heterocycles. The molecule has 2 N–H and O–H groups in total. The van der Waals surface area contributed by atoms with Crippen molar-refractivity contribution in [1.82, 2.24) is 0 Å². The van der Waals surface area contributed by atoms with Crippen molar-refractivity contribution in [2.24, 2.45) is 10.7 Å². The van der Waals surface area contributed by atoms with Crippen LogP contribution in [0.3, 0.4) is 0 Å². The van der Waals surface area contributed by atoms with Crippen molar-refractivity contribution < 1.29 is 8.78 Å². The van der Waals surface area contributed by atoms with Gasteiger partial charge in [0.1, 0.15) is 17.5 Å². The van der Waals surface area contributed by atoms with E-state index in [1.807, 2.05) is 0 Å². The highest BCUT2D eigenvalue weighted by Gasteiger charge is 2.03. The van der Waals surface area contributed by atoms with Gasteiger partial charge in [-0.25, -0.2) is 8.78 Å². The second-order valence-electron chi connectivity index (χ2n) is 2.26. The predicted molar refractivity (Wildman–Crippen MR) is 42.7 cm³/mol. The summed E-state index contributed by atoms with van der Waals surface area (Å²) in [5.74, 6) is -1.72. The van der Waals surface area contributed by atoms with Gasteiger partial charge in [-0.3, -0.25) is 0 Å². The maximum Gasteiger partial charge on any atom is 0.207 e. The molecule has 0 aliphatic carbocycles. The minimum absolute atomic E-state index is 0.0547. The summed E-state index contributed by atoms with van der Waals surface area (Å²) in [4.78, 5) is 3.14. The lowest BCUT2D eigenvalue weighted by Crippen LogP contribution is -2.13. The number of hydrogen-bond donors (Lipinski definition) is 1. The van der Waals surface area contributed by atoms with Crippen LogP contribution in [-0.2, 0) is 0 Å². The molecule has 5 heteroatoms. The fourth-order valence-corrected chi connectivity index (χ4v) is 0.820. The van der Waals surface area contributed by atoms with Crippen LogP contribution in [0.1, 0.15) is 5.56 Å². The molecule has 13 heavy (non-hydrogen) atoms. The van der Waals surface area contributed by atoms with Crippen LogP contribution in [0, 0.1) is 23.1 Å². The molecule has 0 saturated carbocycles. The zero-order valence-electron chi connectivity index (χ0n) is 6.46. The molecule has 0 amide bonds. The van der Waals surface area contributed by atoms with Crippen LogP contribution in [0.5, 0.6) is 0 Å². The van der Waals surface area contributed by atoms with E-state index in [2.05, 4.69) is 4.99 Å². The van der Waals surface area contributed by atoms with Gasteiger partial charge in [0.25, 0.3) is 0 Å². The van der Waals surface area contributed by atoms with E-state index in [9.17, 15) is 8.78 Å². The SMILES string of the molecule is N#CN=C(N)c1cc(F)cc(F)c1. The third-order valence-electron chi connectivity index (χ3n) is 1.33. The van der Waals surface area contributed by atoms with Crippen molar-refractivity contribution in [3.8, 4) is 6.19 Å². The number of amidine groups is 1. The van der Waals surface area contributed by atoms with Crippen LogP contribution < -0.4 is 5.73 Å². The predicted octanol–water partition coefficient (Wildman–Crippen LogP) is 1.15. The van der Waals surface area contributed by atoms with Crippen LogP contribution in [0.15, 0.2) is 23.2 Å². The number of rotatable bonds is 1. The summed E-state index contributed by atoms with van der Waals surface area (Å²) in [7, 11) is 0. The molecule has 1 aromatic rings. The molecule has 0 unspecified atom stereocenters. The fraction of sp³-hybridized carbons (Fsp3) is 0. The van der Waals surface area contributed by atoms with Gasteiger partial charge < -0.3 is 5.73 Å². The molecule has 3 nitrogen and oxygen atoms in total. The van der Waals surface area contributed by atoms with Crippen molar-refractivity contribution in [3.05, 3.63) is 35.4 Å². The van der Waals surface area contributed by atoms with Gasteiger partial charge >= 0.3 is 0 Å². The molecule has 1 aromatic carbocycles. The van der Waals surface area contributed by atoms with Crippen molar-refractivity contribution in [2.75, 3.05) is 0 Å². The molecule has 0 atom stereocenters. The third-order valence-corrected chi connectivity index (χ3v) is 1.33. The van der Waals surface area contributed by atoms with Crippen LogP contribution in [0.25, 0.3) is 0 Å². The normalized spacial score (nSPS) is 11.0. The van der Waals surface area contributed by atoms with Crippen molar-refractivity contribution in [2.45, 2.75) is 0 Å². The van der Waals surface area contributed by atoms with E-state index in [1.54, 1.807) is 0 Å². The van der Waals surface area contributed by atoms with Gasteiger partial charge in [0.05, 0.1) is 0 Å². The summed E-state index contributed by atoms with van der Waals surface area (Å²) < 4.78 is 25.2. The molecule has 0 bridgehead atoms. The summed E-state index contributed by atoms with van der Waals surface area (Å²) in [6.45, 7) is 0. The minimum atomic E-state index is -0.758. The standard InChI is InChI=1S/C8H5F2N3/c9-6-1-5(2-7(10)3-6)8(12)13-4-11/h1-3H,(H2,12,13). The first-order valence-corrected chi connectivity index (χ1v) is 3.32. The third kappa shape index (κ3) is 2.24. The Labute approximate surface area is 73.1 Å². The van der Waals surface area contributed by atoms with Crippen LogP contribution in [-0.4, -0.2) is 5.84 Å². The molecule has 0 heterocycles. The van der Waals surface area contributed by atoms with Crippen LogP contribution in [0.2, 0.25) is 0 Å². The zero-order valence-corrected chi connectivity index (χ0v) is 6.46. The lowest BCUT2D eigenvalue weighted by molar-refractivity contribution is 0.583. The van der Waals surface area contributed by atoms with Gasteiger partial charge in [-0.1, -0.05) is 0 Å². The number of nitriles is 1. The number of halogens is 2. The van der Waals surface area contributed by atoms with E-state index < -0.39 is 11.6 Å². The summed E-state index contributed by atoms with van der Waals surface area (Å²) >= 11 is 0. The number of nitrogens with two attached hydrogens (primary N) is 1. The van der Waals surface area contributed by atoms with Gasteiger partial charge in [0, 0.05) is 11.6 Å². The molecule has 0 radical (unpaired) electrons. The number of aliphatic imine (C=N–C) groups is 1. The van der Waals surface area contributed by atoms with E-state index in [0.717, 1.165) is 12.1 Å². The Morgan fingerprint density at radius 3 is 2.31 bits per heavy atom. The highest BCUT2D eigenvalue weighted by molar-refractivity contribution is 5.97. The number of hydrogen-bond acceptors (Lipinski definition) is 2. The molecule has 1 rings (SSSR count). The summed E-state index contributed by atoms with van der Waals surface area (Å²) in [6, 6.07) is 2.71. The van der Waals surface area contributed by atoms with E-state index in [0.29, 0.717) is 6.07 Å². The van der Waals surface area contributed by atoms with Crippen LogP contribution >= 0.6 is 0 Å². The van der Waals surface area contributed by atoms with E-state index in [4.69, 9.17) is 11.0 Å². The molecule has 0 spiro atoms. The Hall–Kier alpha value is -1.96. The molecular formula is C8H5F2N3. The molecule has 66 valence electrons. The topological polar surface area (TPSA) is 62.2 Å². The van der Waals surface area contributed by atoms with Crippen molar-refractivity contribution in [3.63, 3.8) is 0 Å². The van der Waals surface area contributed by atoms with Gasteiger partial charge in [-0.2, -0.15) is 10.3 Å². The summed E-state index contributed by atoms with van der Waals surface area (Å²) in [6.07, 6.45) is 1.42. The first kappa shape index (κ1) is 9.13. The Balaban J connectivity index is 3.17. The van der Waals surface area contributed by atoms with E-state index >= 15 is 0 Å². The maximum absolute atomic E-state index is 12.6. The largest absolute Gasteiger partial charge is 0.383 e. The van der Waals surface area contributed by atoms with Gasteiger partial charge in [-0.05, 0) is 12.1 Å². The second-order valence-corrected chi connectivity index (χ2v) is 2.26. The van der Waals surface area contributed by atoms with Gasteiger partial charge in [0.2, 0.25) is 6.19 Å². The monoisotopic (exact) mass is 181 g/mol. The first-order chi connectivity index (χ1) is 6.13. The number of nitrogens with zero attached hydrogens (tertiary/aromatic N) is 2. The van der Waals surface area contributed by atoms with Gasteiger partial charge in [-0.15, -0.1) is 0 Å². The highest BCUT2D eigenvalue weighted by Crippen LogP contribution is 2.07. The minimum Gasteiger partial charge on any atom is -0.383 e. The lowest BCUT2D eigenvalue weighted by atomic mass is 10.2. The van der Waals surface area contributed by atoms with E-state index in [-0.39, 0.29) is 11.4 Å². The Morgan fingerprint density at radius 2 is 1.85 bits per heavy atom. The van der Waals surface area contributed by atoms with Crippen molar-refractivity contribution >= 4 is 5.84 Å². The quantitative estimate of drug-likeness (QED) is 0.401. The Bertz CT molecular complexity index is 373. The lowest BCUT2D eigenvalue weighted by Gasteiger charge is -1.98. The van der Waals surface area contributed by atoms with Crippen molar-refractivity contribution in [1.29, 1.82) is 5.26 Å². The zero-order chi connectivity index (χ0) is 9.84. The summed E-state index contributed by atoms with van der Waals surface area (Å²) in [5.41, 5.74) is 5.29. The average molecular weight is 181 g/mol. The first-order valence-electron chi connectivity index (χ1n) is 3.32. The fourth-order valence-electron chi connectivity index (χ4n) is 0.820. The average Bonchev–Trinajstić information content (AvgIpc) is 2.03. The Kier molecular flexibility index (Phi) is 2.55. The van der Waals surface area contributed by atoms with E-state index in [1.165, 1.54) is 6.19 Å². The maximum atomic E-state index is 12.6. The second kappa shape index (κ2) is 3.63. The Morgan fingerprint density at radius 1 is 1.31 bits per heavy atom. The molecule has 0 fully saturated rings. The molecule has 0 saturated heterocycles. The van der Waals surface area contributed by atoms with Crippen LogP contribution in [0.4, 0.5) is 8.78 Å². The highest BCUT2D eigenvalue weighted by atomic mass is 19.1. The van der Waals surface area contributed by atoms with Gasteiger partial charge in [0.15, 0.2) is 0 Å². The molecule has 0 aromatic heterocycles.